The van der Waals surface area contributed by atoms with E-state index in [9.17, 15) is 13.2 Å². The smallest absolute Gasteiger partial charge is 0.416 e. The lowest BCUT2D eigenvalue weighted by Gasteiger charge is -2.19. The third-order valence-electron chi connectivity index (χ3n) is 5.00. The van der Waals surface area contributed by atoms with Gasteiger partial charge in [0.1, 0.15) is 18.1 Å². The second-order valence-corrected chi connectivity index (χ2v) is 6.82. The van der Waals surface area contributed by atoms with Crippen LogP contribution < -0.4 is 9.47 Å². The fraction of sp³-hybridized carbons (Fsp3) is 0.429. The van der Waals surface area contributed by atoms with Crippen molar-refractivity contribution < 1.29 is 22.6 Å². The Kier molecular flexibility index (Phi) is 5.44. The van der Waals surface area contributed by atoms with Gasteiger partial charge in [-0.2, -0.15) is 13.2 Å². The number of halogens is 3. The monoisotopic (exact) mass is 364 g/mol. The first-order valence-electron chi connectivity index (χ1n) is 8.86. The molecule has 140 valence electrons. The van der Waals surface area contributed by atoms with Gasteiger partial charge in [-0.1, -0.05) is 31.0 Å². The van der Waals surface area contributed by atoms with Gasteiger partial charge in [-0.25, -0.2) is 0 Å². The lowest BCUT2D eigenvalue weighted by molar-refractivity contribution is -0.138. The summed E-state index contributed by atoms with van der Waals surface area (Å²) in [5.41, 5.74) is 1.68. The highest BCUT2D eigenvalue weighted by atomic mass is 19.4. The number of methoxy groups -OCH3 is 1. The van der Waals surface area contributed by atoms with E-state index in [1.165, 1.54) is 0 Å². The molecule has 2 nitrogen and oxygen atoms in total. The zero-order chi connectivity index (χ0) is 18.7. The molecular formula is C21H23F3O2. The van der Waals surface area contributed by atoms with E-state index in [1.807, 2.05) is 25.1 Å². The molecule has 0 bridgehead atoms. The summed E-state index contributed by atoms with van der Waals surface area (Å²) in [5.74, 6) is 0.972. The third kappa shape index (κ3) is 4.14. The van der Waals surface area contributed by atoms with Gasteiger partial charge in [0.2, 0.25) is 0 Å². The molecule has 0 saturated heterocycles. The number of ether oxygens (including phenoxy) is 2. The van der Waals surface area contributed by atoms with Gasteiger partial charge in [-0.3, -0.25) is 0 Å². The first-order chi connectivity index (χ1) is 12.4. The standard InChI is InChI=1S/C21H23F3O2/c1-14-7-8-15(11-20(14)25-2)13-26-17-9-10-18(16-5-3-4-6-16)19(12-17)21(22,23)24/h7-12,16H,3-6,13H2,1-2H3. The quantitative estimate of drug-likeness (QED) is 0.623. The Bertz CT molecular complexity index is 762. The molecular weight excluding hydrogens is 341 g/mol. The number of aryl methyl sites for hydroxylation is 1. The first-order valence-corrected chi connectivity index (χ1v) is 8.86. The van der Waals surface area contributed by atoms with Gasteiger partial charge in [0, 0.05) is 0 Å². The molecule has 0 N–H and O–H groups in total. The minimum Gasteiger partial charge on any atom is -0.496 e. The summed E-state index contributed by atoms with van der Waals surface area (Å²) in [5, 5.41) is 0. The molecule has 0 spiro atoms. The maximum Gasteiger partial charge on any atom is 0.416 e. The molecule has 2 aromatic carbocycles. The summed E-state index contributed by atoms with van der Waals surface area (Å²) in [4.78, 5) is 0. The van der Waals surface area contributed by atoms with E-state index < -0.39 is 11.7 Å². The maximum absolute atomic E-state index is 13.5. The average Bonchev–Trinajstić information content (AvgIpc) is 3.14. The van der Waals surface area contributed by atoms with Crippen molar-refractivity contribution in [3.8, 4) is 11.5 Å². The molecule has 0 aromatic heterocycles. The van der Waals surface area contributed by atoms with Crippen LogP contribution in [0.5, 0.6) is 11.5 Å². The molecule has 3 rings (SSSR count). The van der Waals surface area contributed by atoms with E-state index in [2.05, 4.69) is 0 Å². The van der Waals surface area contributed by atoms with Crippen molar-refractivity contribution in [2.24, 2.45) is 0 Å². The number of alkyl halides is 3. The van der Waals surface area contributed by atoms with Crippen molar-refractivity contribution in [3.05, 3.63) is 58.7 Å². The van der Waals surface area contributed by atoms with Crippen molar-refractivity contribution in [3.63, 3.8) is 0 Å². The van der Waals surface area contributed by atoms with E-state index >= 15 is 0 Å². The van der Waals surface area contributed by atoms with Crippen LogP contribution in [-0.4, -0.2) is 7.11 Å². The molecule has 1 fully saturated rings. The average molecular weight is 364 g/mol. The number of hydrogen-bond acceptors (Lipinski definition) is 2. The second-order valence-electron chi connectivity index (χ2n) is 6.82. The SMILES string of the molecule is COc1cc(COc2ccc(C3CCCC3)c(C(F)(F)F)c2)ccc1C. The molecule has 26 heavy (non-hydrogen) atoms. The molecule has 1 aliphatic rings. The highest BCUT2D eigenvalue weighted by Crippen LogP contribution is 2.42. The van der Waals surface area contributed by atoms with Crippen LogP contribution in [0.25, 0.3) is 0 Å². The molecule has 1 saturated carbocycles. The summed E-state index contributed by atoms with van der Waals surface area (Å²) in [6, 6.07) is 10.0. The molecule has 0 atom stereocenters. The predicted molar refractivity (Wildman–Crippen MR) is 94.7 cm³/mol. The van der Waals surface area contributed by atoms with E-state index in [0.717, 1.165) is 48.6 Å². The van der Waals surface area contributed by atoms with E-state index in [1.54, 1.807) is 19.2 Å². The summed E-state index contributed by atoms with van der Waals surface area (Å²) < 4.78 is 51.4. The number of hydrogen-bond donors (Lipinski definition) is 0. The van der Waals surface area contributed by atoms with Gasteiger partial charge in [-0.05, 0) is 60.6 Å². The van der Waals surface area contributed by atoms with Crippen LogP contribution in [-0.2, 0) is 12.8 Å². The van der Waals surface area contributed by atoms with Crippen LogP contribution in [0.3, 0.4) is 0 Å². The van der Waals surface area contributed by atoms with Crippen LogP contribution in [0.1, 0.15) is 53.9 Å². The molecule has 0 heterocycles. The van der Waals surface area contributed by atoms with Gasteiger partial charge in [-0.15, -0.1) is 0 Å². The number of benzene rings is 2. The van der Waals surface area contributed by atoms with Gasteiger partial charge >= 0.3 is 6.18 Å². The topological polar surface area (TPSA) is 18.5 Å². The van der Waals surface area contributed by atoms with E-state index in [0.29, 0.717) is 5.56 Å². The van der Waals surface area contributed by atoms with E-state index in [4.69, 9.17) is 9.47 Å². The maximum atomic E-state index is 13.5. The lowest BCUT2D eigenvalue weighted by atomic mass is 9.92. The Morgan fingerprint density at radius 2 is 1.77 bits per heavy atom. The second kappa shape index (κ2) is 7.60. The minimum absolute atomic E-state index is 0.00188. The Balaban J connectivity index is 1.80. The Labute approximate surface area is 151 Å². The summed E-state index contributed by atoms with van der Waals surface area (Å²) in [6.07, 6.45) is -0.728. The van der Waals surface area contributed by atoms with Crippen LogP contribution in [0.4, 0.5) is 13.2 Å². The molecule has 2 aromatic rings. The normalized spacial score (nSPS) is 15.3. The highest BCUT2D eigenvalue weighted by molar-refractivity contribution is 5.41. The third-order valence-corrected chi connectivity index (χ3v) is 5.00. The molecule has 5 heteroatoms. The molecule has 0 unspecified atom stereocenters. The Hall–Kier alpha value is -2.17. The van der Waals surface area contributed by atoms with Gasteiger partial charge in [0.25, 0.3) is 0 Å². The zero-order valence-electron chi connectivity index (χ0n) is 15.0. The van der Waals surface area contributed by atoms with E-state index in [-0.39, 0.29) is 18.3 Å². The fourth-order valence-electron chi connectivity index (χ4n) is 3.58. The minimum atomic E-state index is -4.37. The van der Waals surface area contributed by atoms with Gasteiger partial charge in [0.05, 0.1) is 12.7 Å². The fourth-order valence-corrected chi connectivity index (χ4v) is 3.58. The summed E-state index contributed by atoms with van der Waals surface area (Å²) in [6.45, 7) is 2.12. The van der Waals surface area contributed by atoms with Crippen LogP contribution in [0, 0.1) is 6.92 Å². The Morgan fingerprint density at radius 3 is 2.42 bits per heavy atom. The van der Waals surface area contributed by atoms with Gasteiger partial charge < -0.3 is 9.47 Å². The van der Waals surface area contributed by atoms with Crippen LogP contribution >= 0.6 is 0 Å². The van der Waals surface area contributed by atoms with Crippen LogP contribution in [0.15, 0.2) is 36.4 Å². The summed E-state index contributed by atoms with van der Waals surface area (Å²) in [7, 11) is 1.59. The van der Waals surface area contributed by atoms with Crippen molar-refractivity contribution in [1.29, 1.82) is 0 Å². The largest absolute Gasteiger partial charge is 0.496 e. The van der Waals surface area contributed by atoms with Crippen molar-refractivity contribution in [1.82, 2.24) is 0 Å². The van der Waals surface area contributed by atoms with Crippen molar-refractivity contribution in [2.45, 2.75) is 51.3 Å². The summed E-state index contributed by atoms with van der Waals surface area (Å²) >= 11 is 0. The zero-order valence-corrected chi connectivity index (χ0v) is 15.0. The van der Waals surface area contributed by atoms with Crippen molar-refractivity contribution >= 4 is 0 Å². The number of rotatable bonds is 5. The molecule has 0 radical (unpaired) electrons. The molecule has 0 amide bonds. The highest BCUT2D eigenvalue weighted by Gasteiger charge is 2.36. The lowest BCUT2D eigenvalue weighted by Crippen LogP contribution is -2.11. The Morgan fingerprint density at radius 1 is 1.04 bits per heavy atom. The van der Waals surface area contributed by atoms with Gasteiger partial charge in [0.15, 0.2) is 0 Å². The first kappa shape index (κ1) is 18.6. The van der Waals surface area contributed by atoms with Crippen LogP contribution in [0.2, 0.25) is 0 Å². The molecule has 1 aliphatic carbocycles. The van der Waals surface area contributed by atoms with Crippen molar-refractivity contribution in [2.75, 3.05) is 7.11 Å². The predicted octanol–water partition coefficient (Wildman–Crippen LogP) is 6.26. The molecule has 0 aliphatic heterocycles.